The van der Waals surface area contributed by atoms with E-state index in [1.54, 1.807) is 56.8 Å². The Labute approximate surface area is 229 Å². The van der Waals surface area contributed by atoms with Gasteiger partial charge in [0.05, 0.1) is 19.7 Å². The molecule has 0 atom stereocenters. The van der Waals surface area contributed by atoms with Crippen LogP contribution >= 0.6 is 0 Å². The van der Waals surface area contributed by atoms with Gasteiger partial charge >= 0.3 is 0 Å². The minimum absolute atomic E-state index is 0.131. The van der Waals surface area contributed by atoms with Crippen molar-refractivity contribution in [2.45, 2.75) is 64.3 Å². The molecular weight excluding hydrogens is 494 g/mol. The third-order valence-electron chi connectivity index (χ3n) is 8.45. The molecule has 0 aliphatic heterocycles. The van der Waals surface area contributed by atoms with Crippen LogP contribution in [0.15, 0.2) is 48.7 Å². The highest BCUT2D eigenvalue weighted by Crippen LogP contribution is 2.48. The number of ether oxygens (including phenoxy) is 3. The van der Waals surface area contributed by atoms with E-state index in [1.807, 2.05) is 6.07 Å². The molecule has 2 fully saturated rings. The number of anilines is 1. The maximum atomic E-state index is 13.3. The molecule has 2 saturated carbocycles. The molecule has 2 aliphatic rings. The summed E-state index contributed by atoms with van der Waals surface area (Å²) >= 11 is 0. The van der Waals surface area contributed by atoms with Crippen molar-refractivity contribution in [3.63, 3.8) is 0 Å². The van der Waals surface area contributed by atoms with Gasteiger partial charge < -0.3 is 24.8 Å². The fraction of sp³-hybridized carbons (Fsp3) is 0.452. The predicted octanol–water partition coefficient (Wildman–Crippen LogP) is 6.24. The molecule has 0 bridgehead atoms. The molecule has 2 amide bonds. The van der Waals surface area contributed by atoms with E-state index in [9.17, 15) is 9.59 Å². The smallest absolute Gasteiger partial charge is 0.240 e. The number of hydrogen-bond donors (Lipinski definition) is 2. The van der Waals surface area contributed by atoms with Crippen molar-refractivity contribution in [1.29, 1.82) is 0 Å². The molecule has 8 nitrogen and oxygen atoms in total. The molecule has 3 aromatic rings. The molecule has 0 unspecified atom stereocenters. The Morgan fingerprint density at radius 1 is 0.923 bits per heavy atom. The van der Waals surface area contributed by atoms with E-state index in [2.05, 4.69) is 29.5 Å². The van der Waals surface area contributed by atoms with E-state index in [1.165, 1.54) is 0 Å². The Kier molecular flexibility index (Phi) is 7.38. The predicted molar refractivity (Wildman–Crippen MR) is 150 cm³/mol. The highest BCUT2D eigenvalue weighted by atomic mass is 16.5. The van der Waals surface area contributed by atoms with Crippen molar-refractivity contribution < 1.29 is 23.8 Å². The number of fused-ring (bicyclic) bond motifs is 1. The van der Waals surface area contributed by atoms with Gasteiger partial charge in [-0.15, -0.1) is 0 Å². The molecule has 39 heavy (non-hydrogen) atoms. The first-order valence-electron chi connectivity index (χ1n) is 13.7. The van der Waals surface area contributed by atoms with E-state index in [0.29, 0.717) is 47.4 Å². The lowest BCUT2D eigenvalue weighted by Crippen LogP contribution is -2.54. The van der Waals surface area contributed by atoms with E-state index in [-0.39, 0.29) is 17.4 Å². The molecule has 2 N–H and O–H groups in total. The Hall–Kier alpha value is -3.81. The number of rotatable bonds is 9. The zero-order chi connectivity index (χ0) is 27.6. The second-order valence-corrected chi connectivity index (χ2v) is 11.0. The number of hydrogen-bond acceptors (Lipinski definition) is 6. The highest BCUT2D eigenvalue weighted by molar-refractivity contribution is 6.13. The number of nitrogens with one attached hydrogen (secondary N) is 2. The topological polar surface area (TPSA) is 98.8 Å². The van der Waals surface area contributed by atoms with Crippen molar-refractivity contribution in [2.75, 3.05) is 19.5 Å². The summed E-state index contributed by atoms with van der Waals surface area (Å²) in [6, 6.07) is 12.6. The van der Waals surface area contributed by atoms with Gasteiger partial charge in [0, 0.05) is 28.9 Å². The Bertz CT molecular complexity index is 1360. The molecule has 2 aromatic carbocycles. The molecule has 8 heteroatoms. The number of methoxy groups -OCH3 is 2. The van der Waals surface area contributed by atoms with E-state index in [0.717, 1.165) is 43.0 Å². The average Bonchev–Trinajstić information content (AvgIpc) is 3.77. The second-order valence-electron chi connectivity index (χ2n) is 11.0. The monoisotopic (exact) mass is 531 g/mol. The van der Waals surface area contributed by atoms with Crippen LogP contribution in [0, 0.1) is 11.3 Å². The third-order valence-corrected chi connectivity index (χ3v) is 8.45. The van der Waals surface area contributed by atoms with Crippen LogP contribution in [0.1, 0.15) is 58.8 Å². The average molecular weight is 532 g/mol. The molecule has 2 aliphatic carbocycles. The molecule has 206 valence electrons. The lowest BCUT2D eigenvalue weighted by Gasteiger charge is -2.40. The number of carbonyl (C=O) groups excluding carboxylic acids is 2. The maximum Gasteiger partial charge on any atom is 0.240 e. The summed E-state index contributed by atoms with van der Waals surface area (Å²) in [5.74, 6) is 2.71. The minimum atomic E-state index is -0.976. The van der Waals surface area contributed by atoms with Gasteiger partial charge in [0.2, 0.25) is 11.8 Å². The fourth-order valence-corrected chi connectivity index (χ4v) is 5.44. The Morgan fingerprint density at radius 3 is 2.21 bits per heavy atom. The van der Waals surface area contributed by atoms with E-state index in [4.69, 9.17) is 14.2 Å². The third kappa shape index (κ3) is 5.37. The van der Waals surface area contributed by atoms with E-state index >= 15 is 0 Å². The summed E-state index contributed by atoms with van der Waals surface area (Å²) in [7, 11) is 3.17. The summed E-state index contributed by atoms with van der Waals surface area (Å²) in [5.41, 5.74) is 0.171. The van der Waals surface area contributed by atoms with Gasteiger partial charge in [-0.25, -0.2) is 0 Å². The van der Waals surface area contributed by atoms with Crippen LogP contribution < -0.4 is 24.8 Å². The molecule has 0 radical (unpaired) electrons. The number of aromatic nitrogens is 1. The normalized spacial score (nSPS) is 21.6. The number of nitrogens with zero attached hydrogens (tertiary/aromatic N) is 1. The number of benzene rings is 2. The zero-order valence-corrected chi connectivity index (χ0v) is 23.1. The minimum Gasteiger partial charge on any atom is -0.493 e. The Balaban J connectivity index is 1.25. The Morgan fingerprint density at radius 2 is 1.59 bits per heavy atom. The van der Waals surface area contributed by atoms with Crippen LogP contribution in [0.2, 0.25) is 0 Å². The van der Waals surface area contributed by atoms with Crippen molar-refractivity contribution in [3.8, 4) is 23.0 Å². The summed E-state index contributed by atoms with van der Waals surface area (Å²) in [5, 5.41) is 7.03. The molecule has 0 spiro atoms. The number of pyridine rings is 1. The van der Waals surface area contributed by atoms with Gasteiger partial charge in [0.25, 0.3) is 0 Å². The van der Waals surface area contributed by atoms with Gasteiger partial charge in [0.1, 0.15) is 16.9 Å². The molecule has 5 rings (SSSR count). The second kappa shape index (κ2) is 10.8. The molecule has 0 saturated heterocycles. The van der Waals surface area contributed by atoms with Gasteiger partial charge in [-0.3, -0.25) is 14.6 Å². The summed E-state index contributed by atoms with van der Waals surface area (Å²) in [6.45, 7) is 4.39. The highest BCUT2D eigenvalue weighted by Gasteiger charge is 2.57. The van der Waals surface area contributed by atoms with Gasteiger partial charge in [0.15, 0.2) is 11.5 Å². The largest absolute Gasteiger partial charge is 0.493 e. The van der Waals surface area contributed by atoms with Crippen LogP contribution in [0.4, 0.5) is 5.69 Å². The van der Waals surface area contributed by atoms with Crippen molar-refractivity contribution in [3.05, 3.63) is 48.7 Å². The first-order valence-corrected chi connectivity index (χ1v) is 13.7. The van der Waals surface area contributed by atoms with Gasteiger partial charge in [-0.05, 0) is 87.3 Å². The van der Waals surface area contributed by atoms with Crippen molar-refractivity contribution in [2.24, 2.45) is 11.3 Å². The SMILES string of the molecule is CCC1(NC(=O)C2(C(=O)Nc3ccc(Oc4ccnc5cc(OC)c(OC)cc45)cc3)CC2)CCC(C)CC1. The summed E-state index contributed by atoms with van der Waals surface area (Å²) in [6.07, 6.45) is 7.88. The lowest BCUT2D eigenvalue weighted by molar-refractivity contribution is -0.136. The summed E-state index contributed by atoms with van der Waals surface area (Å²) in [4.78, 5) is 30.9. The van der Waals surface area contributed by atoms with Crippen LogP contribution in [0.25, 0.3) is 10.9 Å². The standard InChI is InChI=1S/C31H37N3O5/c1-5-30(13-10-20(2)11-14-30)34-29(36)31(15-16-31)28(35)33-21-6-8-22(9-7-21)39-25-12-17-32-24-19-27(38-4)26(37-3)18-23(24)25/h6-9,12,17-20H,5,10-11,13-16H2,1-4H3,(H,33,35)(H,34,36). The van der Waals surface area contributed by atoms with Crippen LogP contribution in [0.3, 0.4) is 0 Å². The quantitative estimate of drug-likeness (QED) is 0.317. The van der Waals surface area contributed by atoms with Crippen LogP contribution in [-0.2, 0) is 9.59 Å². The molecule has 1 aromatic heterocycles. The first-order chi connectivity index (χ1) is 18.8. The molecular formula is C31H37N3O5. The van der Waals surface area contributed by atoms with E-state index < -0.39 is 5.41 Å². The number of amides is 2. The van der Waals surface area contributed by atoms with Crippen molar-refractivity contribution >= 4 is 28.4 Å². The van der Waals surface area contributed by atoms with Crippen molar-refractivity contribution in [1.82, 2.24) is 10.3 Å². The number of carbonyl (C=O) groups is 2. The zero-order valence-electron chi connectivity index (χ0n) is 23.1. The first kappa shape index (κ1) is 26.8. The molecule has 1 heterocycles. The van der Waals surface area contributed by atoms with Gasteiger partial charge in [-0.2, -0.15) is 0 Å². The maximum absolute atomic E-state index is 13.3. The summed E-state index contributed by atoms with van der Waals surface area (Å²) < 4.78 is 17.0. The van der Waals surface area contributed by atoms with Crippen LogP contribution in [-0.4, -0.2) is 36.6 Å². The lowest BCUT2D eigenvalue weighted by atomic mass is 9.75. The van der Waals surface area contributed by atoms with Crippen LogP contribution in [0.5, 0.6) is 23.0 Å². The fourth-order valence-electron chi connectivity index (χ4n) is 5.44. The van der Waals surface area contributed by atoms with Gasteiger partial charge in [-0.1, -0.05) is 13.8 Å².